The molecule has 0 aliphatic rings. The summed E-state index contributed by atoms with van der Waals surface area (Å²) in [7, 11) is -6.67. The number of rotatable bonds is 3. The second-order valence-corrected chi connectivity index (χ2v) is 4.25. The van der Waals surface area contributed by atoms with Crippen LogP contribution in [0.3, 0.4) is 0 Å². The highest BCUT2D eigenvalue weighted by Crippen LogP contribution is 2.54. The Balaban J connectivity index is 0. The van der Waals surface area contributed by atoms with E-state index in [1.54, 1.807) is 0 Å². The Morgan fingerprint density at radius 2 is 1.11 bits per heavy atom. The van der Waals surface area contributed by atoms with Gasteiger partial charge in [-0.15, -0.1) is 0 Å². The van der Waals surface area contributed by atoms with Crippen molar-refractivity contribution in [2.24, 2.45) is 0 Å². The lowest BCUT2D eigenvalue weighted by molar-refractivity contribution is -0.382. The van der Waals surface area contributed by atoms with Gasteiger partial charge in [0.25, 0.3) is 10.0 Å². The first-order valence-electron chi connectivity index (χ1n) is 3.21. The summed E-state index contributed by atoms with van der Waals surface area (Å²) in [5.41, 5.74) is 0. The van der Waals surface area contributed by atoms with E-state index in [1.807, 2.05) is 0 Å². The molecule has 1 unspecified atom stereocenters. The van der Waals surface area contributed by atoms with Crippen LogP contribution in [0.1, 0.15) is 0 Å². The van der Waals surface area contributed by atoms with Gasteiger partial charge in [-0.25, -0.2) is 4.21 Å². The van der Waals surface area contributed by atoms with Gasteiger partial charge in [0.1, 0.15) is 0 Å². The molecule has 1 atom stereocenters. The predicted octanol–water partition coefficient (Wildman–Crippen LogP) is 3.11. The summed E-state index contributed by atoms with van der Waals surface area (Å²) in [6.45, 7) is 0. The number of nitrogens with one attached hydrogen (secondary N) is 1. The summed E-state index contributed by atoms with van der Waals surface area (Å²) in [4.78, 5) is 0. The monoisotopic (exact) mass is 316 g/mol. The van der Waals surface area contributed by atoms with E-state index in [-0.39, 0.29) is 6.15 Å². The Morgan fingerprint density at radius 3 is 1.28 bits per heavy atom. The van der Waals surface area contributed by atoms with Crippen LogP contribution >= 0.6 is 0 Å². The normalized spacial score (nSPS) is 17.9. The molecule has 0 heterocycles. The summed E-state index contributed by atoms with van der Waals surface area (Å²) in [5.74, 6) is -14.5. The van der Waals surface area contributed by atoms with Crippen LogP contribution in [0.15, 0.2) is 0 Å². The number of halogens is 9. The molecule has 0 aliphatic carbocycles. The molecule has 18 heavy (non-hydrogen) atoms. The molecule has 0 spiro atoms. The zero-order valence-corrected chi connectivity index (χ0v) is 8.69. The maximum Gasteiger partial charge on any atom is 0.460 e. The molecule has 0 aromatic rings. The van der Waals surface area contributed by atoms with E-state index in [1.165, 1.54) is 0 Å². The summed E-state index contributed by atoms with van der Waals surface area (Å²) < 4.78 is 125. The highest BCUT2D eigenvalue weighted by molar-refractivity contribution is 7.94. The Kier molecular flexibility index (Phi) is 4.80. The molecule has 14 heteroatoms. The minimum Gasteiger partial charge on any atom is -0.513 e. The molecule has 0 aliphatic heterocycles. The van der Waals surface area contributed by atoms with E-state index >= 15 is 0 Å². The fourth-order valence-electron chi connectivity index (χ4n) is 0.535. The lowest BCUT2D eigenvalue weighted by Gasteiger charge is -2.32. The summed E-state index contributed by atoms with van der Waals surface area (Å²) in [6, 6.07) is 0. The lowest BCUT2D eigenvalue weighted by Crippen LogP contribution is -2.62. The smallest absolute Gasteiger partial charge is 0.460 e. The Morgan fingerprint density at radius 1 is 0.833 bits per heavy atom. The maximum absolute atomic E-state index is 12.3. The molecule has 0 bridgehead atoms. The van der Waals surface area contributed by atoms with Crippen LogP contribution in [0.2, 0.25) is 0 Å². The van der Waals surface area contributed by atoms with Crippen LogP contribution < -0.4 is 6.15 Å². The third kappa shape index (κ3) is 2.49. The van der Waals surface area contributed by atoms with E-state index < -0.39 is 33.3 Å². The van der Waals surface area contributed by atoms with Gasteiger partial charge < -0.3 is 11.3 Å². The van der Waals surface area contributed by atoms with Crippen molar-refractivity contribution in [3.63, 3.8) is 0 Å². The van der Waals surface area contributed by atoms with Gasteiger partial charge in [-0.1, -0.05) is 0 Å². The minimum atomic E-state index is -7.27. The Hall–Kier alpha value is -0.760. The Bertz CT molecular complexity index is 399. The number of hydrogen-bond acceptors (Lipinski definition) is 2. The van der Waals surface area contributed by atoms with Crippen molar-refractivity contribution in [1.29, 1.82) is 0 Å². The summed E-state index contributed by atoms with van der Waals surface area (Å²) in [6.07, 6.45) is -7.08. The first-order valence-corrected chi connectivity index (χ1v) is 4.72. The highest BCUT2D eigenvalue weighted by atomic mass is 32.2. The van der Waals surface area contributed by atoms with Crippen molar-refractivity contribution in [3.8, 4) is 0 Å². The third-order valence-electron chi connectivity index (χ3n) is 1.46. The van der Waals surface area contributed by atoms with Crippen molar-refractivity contribution in [3.05, 3.63) is 5.14 Å². The molecule has 0 saturated heterocycles. The average Bonchev–Trinajstić information content (AvgIpc) is 1.98. The largest absolute Gasteiger partial charge is 0.513 e. The van der Waals surface area contributed by atoms with Gasteiger partial charge >= 0.3 is 23.3 Å². The fraction of sp³-hybridized carbons (Fsp3) is 1.00. The van der Waals surface area contributed by atoms with Crippen LogP contribution in [0.25, 0.3) is 5.14 Å². The standard InChI is InChI=1S/C4HF9NO2S.H3N/c5-1(6,3(9,10)11)2(7,8)4(12,13)17(14,15)16;/h(H-,14,15,16);1H3/q-1;/p+1. The zero-order valence-electron chi connectivity index (χ0n) is 7.87. The van der Waals surface area contributed by atoms with Crippen LogP contribution in [0.5, 0.6) is 0 Å². The topological polar surface area (TPSA) is 97.3 Å². The fourth-order valence-corrected chi connectivity index (χ4v) is 1.01. The Labute approximate surface area is 93.6 Å². The number of alkyl halides is 9. The van der Waals surface area contributed by atoms with Crippen LogP contribution in [-0.2, 0) is 10.0 Å². The highest BCUT2D eigenvalue weighted by Gasteiger charge is 2.85. The molecule has 5 N–H and O–H groups in total. The quantitative estimate of drug-likeness (QED) is 0.639. The molecule has 112 valence electrons. The summed E-state index contributed by atoms with van der Waals surface area (Å²) in [5, 5.41) is -1.15. The lowest BCUT2D eigenvalue weighted by atomic mass is 10.1. The van der Waals surface area contributed by atoms with Crippen molar-refractivity contribution in [2.45, 2.75) is 23.3 Å². The second kappa shape index (κ2) is 4.41. The van der Waals surface area contributed by atoms with E-state index in [9.17, 15) is 43.7 Å². The van der Waals surface area contributed by atoms with E-state index in [0.717, 1.165) is 0 Å². The summed E-state index contributed by atoms with van der Waals surface area (Å²) >= 11 is 0. The van der Waals surface area contributed by atoms with E-state index in [2.05, 4.69) is 0 Å². The third-order valence-corrected chi connectivity index (χ3v) is 2.41. The molecule has 0 fully saturated rings. The minimum absolute atomic E-state index is 0. The van der Waals surface area contributed by atoms with Crippen molar-refractivity contribution >= 4 is 10.0 Å². The van der Waals surface area contributed by atoms with Gasteiger partial charge in [-0.05, 0) is 0 Å². The predicted molar refractivity (Wildman–Crippen MR) is 40.3 cm³/mol. The van der Waals surface area contributed by atoms with Gasteiger partial charge in [-0.2, -0.15) is 43.7 Å². The van der Waals surface area contributed by atoms with Crippen molar-refractivity contribution in [2.75, 3.05) is 0 Å². The molecular weight excluding hydrogens is 311 g/mol. The molecular formula is C4H5F9N2O2S. The van der Waals surface area contributed by atoms with Crippen LogP contribution in [-0.4, -0.2) is 31.7 Å². The molecule has 0 amide bonds. The van der Waals surface area contributed by atoms with Gasteiger partial charge in [0.2, 0.25) is 0 Å². The van der Waals surface area contributed by atoms with E-state index in [0.29, 0.717) is 0 Å². The average molecular weight is 316 g/mol. The van der Waals surface area contributed by atoms with Crippen molar-refractivity contribution < 1.29 is 47.9 Å². The van der Waals surface area contributed by atoms with Crippen molar-refractivity contribution in [1.82, 2.24) is 6.15 Å². The first-order chi connectivity index (χ1) is 7.00. The van der Waals surface area contributed by atoms with E-state index in [4.69, 9.17) is 9.35 Å². The van der Waals surface area contributed by atoms with Gasteiger partial charge in [0, 0.05) is 0 Å². The molecule has 0 aromatic carbocycles. The molecule has 0 rings (SSSR count). The number of hydrogen-bond donors (Lipinski definition) is 1. The second-order valence-electron chi connectivity index (χ2n) is 2.69. The van der Waals surface area contributed by atoms with Gasteiger partial charge in [-0.3, -0.25) is 0 Å². The molecule has 0 aromatic heterocycles. The van der Waals surface area contributed by atoms with Gasteiger partial charge in [0.05, 0.1) is 0 Å². The maximum atomic E-state index is 12.3. The zero-order chi connectivity index (χ0) is 14.5. The van der Waals surface area contributed by atoms with Gasteiger partial charge in [0.15, 0.2) is 0 Å². The first kappa shape index (κ1) is 19.6. The molecule has 0 saturated carbocycles. The molecule has 0 radical (unpaired) electrons. The van der Waals surface area contributed by atoms with Crippen LogP contribution in [0, 0.1) is 0 Å². The SMILES string of the molecule is N.[NH-]S(=O)(=[OH+])C(F)(F)C(F)(F)C(F)(F)C(F)(F)F. The van der Waals surface area contributed by atoms with Crippen LogP contribution in [0.4, 0.5) is 39.5 Å². The molecule has 4 nitrogen and oxygen atoms in total.